The zero-order valence-corrected chi connectivity index (χ0v) is 30.0. The van der Waals surface area contributed by atoms with E-state index in [1.54, 1.807) is 36.4 Å². The van der Waals surface area contributed by atoms with Gasteiger partial charge in [0.15, 0.2) is 0 Å². The lowest BCUT2D eigenvalue weighted by Crippen LogP contribution is -2.53. The average molecular weight is 731 g/mol. The Bertz CT molecular complexity index is 1820. The largest absolute Gasteiger partial charge is 0.495 e. The van der Waals surface area contributed by atoms with E-state index in [1.807, 2.05) is 44.2 Å². The predicted molar refractivity (Wildman–Crippen MR) is 193 cm³/mol. The van der Waals surface area contributed by atoms with Crippen molar-refractivity contribution in [1.29, 1.82) is 0 Å². The number of hydrogen-bond acceptors (Lipinski definition) is 5. The molecule has 8 nitrogen and oxygen atoms in total. The van der Waals surface area contributed by atoms with Gasteiger partial charge in [0, 0.05) is 24.5 Å². The van der Waals surface area contributed by atoms with Gasteiger partial charge >= 0.3 is 0 Å². The van der Waals surface area contributed by atoms with E-state index in [0.717, 1.165) is 28.3 Å². The quantitative estimate of drug-likeness (QED) is 0.127. The summed E-state index contributed by atoms with van der Waals surface area (Å²) in [5.41, 5.74) is 2.36. The molecule has 254 valence electrons. The molecular weight excluding hydrogens is 693 g/mol. The first-order valence-corrected chi connectivity index (χ1v) is 18.0. The standard InChI is InChI=1S/C36H38Cl3N3O5S/c1-4-5-19-40-36(44)33(21-26-9-7-6-8-10-26)41(23-27-13-17-30(38)31(39)20-27)35(43)24-42(32-22-28(37)14-18-34(32)47-3)48(45,46)29-15-11-25(2)12-16-29/h6-18,20,22,33H,4-5,19,21,23-24H2,1-3H3,(H,40,44). The molecule has 0 radical (unpaired) electrons. The lowest BCUT2D eigenvalue weighted by molar-refractivity contribution is -0.140. The van der Waals surface area contributed by atoms with Crippen LogP contribution in [-0.4, -0.2) is 51.4 Å². The maximum absolute atomic E-state index is 14.7. The highest BCUT2D eigenvalue weighted by Gasteiger charge is 2.35. The van der Waals surface area contributed by atoms with Crippen LogP contribution in [0, 0.1) is 6.92 Å². The van der Waals surface area contributed by atoms with Gasteiger partial charge in [-0.15, -0.1) is 0 Å². The number of sulfonamides is 1. The lowest BCUT2D eigenvalue weighted by atomic mass is 10.0. The van der Waals surface area contributed by atoms with Crippen molar-refractivity contribution in [2.24, 2.45) is 0 Å². The second-order valence-corrected chi connectivity index (χ2v) is 14.4. The van der Waals surface area contributed by atoms with Gasteiger partial charge in [-0.1, -0.05) is 102 Å². The lowest BCUT2D eigenvalue weighted by Gasteiger charge is -2.34. The van der Waals surface area contributed by atoms with Crippen molar-refractivity contribution in [3.63, 3.8) is 0 Å². The molecule has 4 aromatic carbocycles. The molecule has 0 saturated carbocycles. The normalized spacial score (nSPS) is 11.9. The summed E-state index contributed by atoms with van der Waals surface area (Å²) >= 11 is 18.9. The molecule has 12 heteroatoms. The van der Waals surface area contributed by atoms with Crippen LogP contribution in [0.2, 0.25) is 15.1 Å². The number of carbonyl (C=O) groups is 2. The molecule has 4 rings (SSSR count). The van der Waals surface area contributed by atoms with Crippen molar-refractivity contribution in [3.8, 4) is 5.75 Å². The van der Waals surface area contributed by atoms with Crippen molar-refractivity contribution in [3.05, 3.63) is 123 Å². The predicted octanol–water partition coefficient (Wildman–Crippen LogP) is 7.72. The Morgan fingerprint density at radius 2 is 1.58 bits per heavy atom. The van der Waals surface area contributed by atoms with E-state index in [-0.39, 0.29) is 45.3 Å². The van der Waals surface area contributed by atoms with Crippen LogP contribution in [-0.2, 0) is 32.6 Å². The van der Waals surface area contributed by atoms with Gasteiger partial charge in [0.05, 0.1) is 27.7 Å². The molecule has 0 aliphatic carbocycles. The first-order valence-electron chi connectivity index (χ1n) is 15.4. The van der Waals surface area contributed by atoms with Crippen molar-refractivity contribution in [1.82, 2.24) is 10.2 Å². The van der Waals surface area contributed by atoms with E-state index in [1.165, 1.54) is 36.3 Å². The number of amides is 2. The van der Waals surface area contributed by atoms with Gasteiger partial charge in [-0.2, -0.15) is 0 Å². The van der Waals surface area contributed by atoms with Gasteiger partial charge in [-0.05, 0) is 66.9 Å². The van der Waals surface area contributed by atoms with Crippen molar-refractivity contribution < 1.29 is 22.7 Å². The number of anilines is 1. The molecule has 0 saturated heterocycles. The number of aryl methyl sites for hydroxylation is 1. The zero-order chi connectivity index (χ0) is 34.8. The highest BCUT2D eigenvalue weighted by atomic mass is 35.5. The van der Waals surface area contributed by atoms with Crippen molar-refractivity contribution >= 4 is 62.3 Å². The van der Waals surface area contributed by atoms with Gasteiger partial charge in [0.2, 0.25) is 11.8 Å². The second kappa shape index (κ2) is 17.1. The Hall–Kier alpha value is -3.76. The molecule has 48 heavy (non-hydrogen) atoms. The third-order valence-electron chi connectivity index (χ3n) is 7.74. The third-order valence-corrected chi connectivity index (χ3v) is 10.5. The highest BCUT2D eigenvalue weighted by molar-refractivity contribution is 7.92. The van der Waals surface area contributed by atoms with Crippen LogP contribution < -0.4 is 14.4 Å². The van der Waals surface area contributed by atoms with Gasteiger partial charge in [0.25, 0.3) is 10.0 Å². The number of unbranched alkanes of at least 4 members (excludes halogenated alkanes) is 1. The first kappa shape index (κ1) is 37.1. The van der Waals surface area contributed by atoms with E-state index in [9.17, 15) is 18.0 Å². The number of rotatable bonds is 15. The number of nitrogens with zero attached hydrogens (tertiary/aromatic N) is 2. The minimum Gasteiger partial charge on any atom is -0.495 e. The fourth-order valence-corrected chi connectivity index (χ4v) is 7.01. The van der Waals surface area contributed by atoms with E-state index in [0.29, 0.717) is 17.1 Å². The first-order chi connectivity index (χ1) is 22.9. The summed E-state index contributed by atoms with van der Waals surface area (Å²) in [6.07, 6.45) is 1.79. The van der Waals surface area contributed by atoms with E-state index in [4.69, 9.17) is 39.5 Å². The summed E-state index contributed by atoms with van der Waals surface area (Å²) in [7, 11) is -2.95. The molecule has 1 N–H and O–H groups in total. The molecule has 1 atom stereocenters. The number of hydrogen-bond donors (Lipinski definition) is 1. The van der Waals surface area contributed by atoms with E-state index >= 15 is 0 Å². The van der Waals surface area contributed by atoms with Crippen LogP contribution >= 0.6 is 34.8 Å². The molecule has 0 aromatic heterocycles. The number of ether oxygens (including phenoxy) is 1. The maximum atomic E-state index is 14.7. The van der Waals surface area contributed by atoms with Crippen LogP contribution in [0.4, 0.5) is 5.69 Å². The fourth-order valence-electron chi connectivity index (χ4n) is 5.10. The molecule has 0 fully saturated rings. The van der Waals surface area contributed by atoms with Crippen LogP contribution in [0.5, 0.6) is 5.75 Å². The molecule has 4 aromatic rings. The molecule has 0 aliphatic heterocycles. The number of benzene rings is 4. The molecule has 1 unspecified atom stereocenters. The van der Waals surface area contributed by atoms with Crippen LogP contribution in [0.3, 0.4) is 0 Å². The zero-order valence-electron chi connectivity index (χ0n) is 27.0. The molecule has 0 bridgehead atoms. The number of halogens is 3. The minimum atomic E-state index is -4.35. The van der Waals surface area contributed by atoms with Crippen LogP contribution in [0.1, 0.15) is 36.5 Å². The van der Waals surface area contributed by atoms with Crippen molar-refractivity contribution in [2.45, 2.75) is 50.6 Å². The molecular formula is C36H38Cl3N3O5S. The topological polar surface area (TPSA) is 96.0 Å². The Kier molecular flexibility index (Phi) is 13.2. The number of carbonyl (C=O) groups excluding carboxylic acids is 2. The van der Waals surface area contributed by atoms with Gasteiger partial charge < -0.3 is 15.0 Å². The smallest absolute Gasteiger partial charge is 0.264 e. The maximum Gasteiger partial charge on any atom is 0.264 e. The second-order valence-electron chi connectivity index (χ2n) is 11.3. The van der Waals surface area contributed by atoms with Crippen LogP contribution in [0.15, 0.2) is 95.9 Å². The summed E-state index contributed by atoms with van der Waals surface area (Å²) in [6, 6.07) is 24.1. The Morgan fingerprint density at radius 3 is 2.23 bits per heavy atom. The number of methoxy groups -OCH3 is 1. The Morgan fingerprint density at radius 1 is 0.875 bits per heavy atom. The van der Waals surface area contributed by atoms with E-state index < -0.39 is 28.5 Å². The summed E-state index contributed by atoms with van der Waals surface area (Å²) in [5, 5.41) is 3.82. The summed E-state index contributed by atoms with van der Waals surface area (Å²) in [4.78, 5) is 29.9. The summed E-state index contributed by atoms with van der Waals surface area (Å²) in [5.74, 6) is -0.809. The van der Waals surface area contributed by atoms with Gasteiger partial charge in [-0.25, -0.2) is 8.42 Å². The molecule has 2 amide bonds. The SMILES string of the molecule is CCCCNC(=O)C(Cc1ccccc1)N(Cc1ccc(Cl)c(Cl)c1)C(=O)CN(c1cc(Cl)ccc1OC)S(=O)(=O)c1ccc(C)cc1. The Labute approximate surface area is 297 Å². The minimum absolute atomic E-state index is 0.0305. The van der Waals surface area contributed by atoms with Crippen molar-refractivity contribution in [2.75, 3.05) is 24.5 Å². The average Bonchev–Trinajstić information content (AvgIpc) is 3.07. The fraction of sp³-hybridized carbons (Fsp3) is 0.278. The van der Waals surface area contributed by atoms with E-state index in [2.05, 4.69) is 5.32 Å². The third kappa shape index (κ3) is 9.44. The Balaban J connectivity index is 1.85. The molecule has 0 spiro atoms. The summed E-state index contributed by atoms with van der Waals surface area (Å²) in [6.45, 7) is 3.56. The highest BCUT2D eigenvalue weighted by Crippen LogP contribution is 2.35. The van der Waals surface area contributed by atoms with Gasteiger partial charge in [0.1, 0.15) is 18.3 Å². The van der Waals surface area contributed by atoms with Gasteiger partial charge in [-0.3, -0.25) is 13.9 Å². The monoisotopic (exact) mass is 729 g/mol. The summed E-state index contributed by atoms with van der Waals surface area (Å²) < 4.78 is 35.2. The molecule has 0 heterocycles. The molecule has 0 aliphatic rings. The van der Waals surface area contributed by atoms with Crippen LogP contribution in [0.25, 0.3) is 0 Å². The number of nitrogens with one attached hydrogen (secondary N) is 1.